The predicted octanol–water partition coefficient (Wildman–Crippen LogP) is 3.03. The van der Waals surface area contributed by atoms with Crippen molar-refractivity contribution >= 4 is 35.0 Å². The lowest BCUT2D eigenvalue weighted by atomic mass is 9.99. The number of primary amides is 1. The largest absolute Gasteiger partial charge is 0.366 e. The van der Waals surface area contributed by atoms with Crippen molar-refractivity contribution in [1.82, 2.24) is 9.80 Å². The normalized spacial score (nSPS) is 21.0. The zero-order valence-electron chi connectivity index (χ0n) is 15.3. The molecule has 0 radical (unpaired) electrons. The first-order chi connectivity index (χ1) is 12.9. The number of carbonyl (C=O) groups excluding carboxylic acids is 2. The summed E-state index contributed by atoms with van der Waals surface area (Å²) in [4.78, 5) is 28.6. The summed E-state index contributed by atoms with van der Waals surface area (Å²) in [6, 6.07) is 5.50. The number of rotatable bonds is 5. The Kier molecular flexibility index (Phi) is 6.79. The minimum absolute atomic E-state index is 0.112. The molecule has 1 aromatic carbocycles. The van der Waals surface area contributed by atoms with E-state index < -0.39 is 0 Å². The van der Waals surface area contributed by atoms with Gasteiger partial charge in [0.2, 0.25) is 11.8 Å². The van der Waals surface area contributed by atoms with Gasteiger partial charge in [-0.15, -0.1) is 0 Å². The number of benzene rings is 1. The van der Waals surface area contributed by atoms with Gasteiger partial charge in [0.1, 0.15) is 0 Å². The molecule has 7 heteroatoms. The van der Waals surface area contributed by atoms with Gasteiger partial charge in [-0.1, -0.05) is 35.3 Å². The highest BCUT2D eigenvalue weighted by Gasteiger charge is 2.29. The van der Waals surface area contributed by atoms with Crippen LogP contribution in [-0.4, -0.2) is 53.8 Å². The monoisotopic (exact) mass is 409 g/mol. The van der Waals surface area contributed by atoms with Crippen molar-refractivity contribution in [3.8, 4) is 0 Å². The molecule has 2 N–H and O–H groups in total. The van der Waals surface area contributed by atoms with Crippen LogP contribution in [0.4, 0.5) is 0 Å². The maximum Gasteiger partial charge on any atom is 0.245 e. The van der Waals surface area contributed by atoms with Crippen LogP contribution in [0, 0.1) is 0 Å². The van der Waals surface area contributed by atoms with Crippen LogP contribution in [-0.2, 0) is 16.0 Å². The van der Waals surface area contributed by atoms with E-state index in [1.54, 1.807) is 12.1 Å². The Labute approximate surface area is 170 Å². The molecule has 3 rings (SSSR count). The molecule has 1 unspecified atom stereocenters. The van der Waals surface area contributed by atoms with E-state index in [0.717, 1.165) is 50.9 Å². The Morgan fingerprint density at radius 2 is 1.96 bits per heavy atom. The first kappa shape index (κ1) is 20.2. The van der Waals surface area contributed by atoms with Gasteiger partial charge in [0.05, 0.1) is 16.5 Å². The van der Waals surface area contributed by atoms with Crippen LogP contribution in [0.3, 0.4) is 0 Å². The summed E-state index contributed by atoms with van der Waals surface area (Å²) in [5.41, 5.74) is 6.97. The fourth-order valence-corrected chi connectivity index (χ4v) is 4.20. The van der Waals surface area contributed by atoms with Crippen LogP contribution in [0.15, 0.2) is 29.8 Å². The zero-order chi connectivity index (χ0) is 19.4. The Morgan fingerprint density at radius 1 is 1.15 bits per heavy atom. The fraction of sp³-hybridized carbons (Fsp3) is 0.500. The molecular weight excluding hydrogens is 385 g/mol. The number of hydrogen-bond donors (Lipinski definition) is 1. The van der Waals surface area contributed by atoms with Crippen LogP contribution >= 0.6 is 23.2 Å². The van der Waals surface area contributed by atoms with Gasteiger partial charge in [0, 0.05) is 37.8 Å². The molecule has 2 aliphatic heterocycles. The molecule has 146 valence electrons. The van der Waals surface area contributed by atoms with E-state index in [1.165, 1.54) is 0 Å². The first-order valence-corrected chi connectivity index (χ1v) is 10.1. The Balaban J connectivity index is 1.64. The third-order valence-corrected chi connectivity index (χ3v) is 6.04. The van der Waals surface area contributed by atoms with Crippen molar-refractivity contribution in [1.29, 1.82) is 0 Å². The Morgan fingerprint density at radius 3 is 2.70 bits per heavy atom. The molecule has 0 aliphatic carbocycles. The summed E-state index contributed by atoms with van der Waals surface area (Å²) < 4.78 is 0. The number of nitrogens with two attached hydrogens (primary N) is 1. The molecule has 2 heterocycles. The standard InChI is InChI=1S/C20H25Cl2N3O2/c21-17-7-6-14(10-18(17)22)11-19(26)25-9-2-1-5-16(25)13-24-8-3-4-15(12-24)20(23)27/h4,6-7,10,16H,1-3,5,8-9,11-13H2,(H2,23,27). The topological polar surface area (TPSA) is 66.6 Å². The van der Waals surface area contributed by atoms with Crippen LogP contribution in [0.25, 0.3) is 0 Å². The quantitative estimate of drug-likeness (QED) is 0.812. The van der Waals surface area contributed by atoms with Crippen molar-refractivity contribution in [2.24, 2.45) is 5.73 Å². The molecule has 0 aromatic heterocycles. The van der Waals surface area contributed by atoms with Crippen molar-refractivity contribution in [2.75, 3.05) is 26.2 Å². The highest BCUT2D eigenvalue weighted by atomic mass is 35.5. The number of amides is 2. The number of carbonyl (C=O) groups is 2. The van der Waals surface area contributed by atoms with Gasteiger partial charge >= 0.3 is 0 Å². The van der Waals surface area contributed by atoms with Crippen LogP contribution in [0.1, 0.15) is 31.2 Å². The molecule has 1 saturated heterocycles. The second-order valence-corrected chi connectivity index (χ2v) is 8.09. The van der Waals surface area contributed by atoms with Crippen LogP contribution < -0.4 is 5.73 Å². The van der Waals surface area contributed by atoms with Gasteiger partial charge in [-0.25, -0.2) is 0 Å². The van der Waals surface area contributed by atoms with E-state index in [0.29, 0.717) is 28.6 Å². The van der Waals surface area contributed by atoms with Crippen LogP contribution in [0.5, 0.6) is 0 Å². The summed E-state index contributed by atoms with van der Waals surface area (Å²) in [5, 5.41) is 0.961. The minimum Gasteiger partial charge on any atom is -0.366 e. The lowest BCUT2D eigenvalue weighted by Gasteiger charge is -2.39. The van der Waals surface area contributed by atoms with Crippen molar-refractivity contribution in [3.05, 3.63) is 45.5 Å². The summed E-state index contributed by atoms with van der Waals surface area (Å²) in [6.45, 7) is 3.01. The Bertz CT molecular complexity index is 751. The average Bonchev–Trinajstić information content (AvgIpc) is 2.65. The molecule has 0 saturated carbocycles. The van der Waals surface area contributed by atoms with Gasteiger partial charge in [-0.05, 0) is 43.4 Å². The molecule has 1 atom stereocenters. The second-order valence-electron chi connectivity index (χ2n) is 7.28. The summed E-state index contributed by atoms with van der Waals surface area (Å²) >= 11 is 12.0. The van der Waals surface area contributed by atoms with Gasteiger partial charge in [-0.2, -0.15) is 0 Å². The zero-order valence-corrected chi connectivity index (χ0v) is 16.8. The molecular formula is C20H25Cl2N3O2. The van der Waals surface area contributed by atoms with Crippen LogP contribution in [0.2, 0.25) is 10.0 Å². The van der Waals surface area contributed by atoms with Gasteiger partial charge < -0.3 is 10.6 Å². The minimum atomic E-state index is -0.351. The Hall–Kier alpha value is -1.56. The number of piperidine rings is 1. The summed E-state index contributed by atoms with van der Waals surface area (Å²) in [7, 11) is 0. The molecule has 0 spiro atoms. The molecule has 27 heavy (non-hydrogen) atoms. The number of hydrogen-bond acceptors (Lipinski definition) is 3. The van der Waals surface area contributed by atoms with Crippen molar-refractivity contribution in [2.45, 2.75) is 38.1 Å². The molecule has 2 aliphatic rings. The van der Waals surface area contributed by atoms with Gasteiger partial charge in [0.25, 0.3) is 0 Å². The number of nitrogens with zero attached hydrogens (tertiary/aromatic N) is 2. The predicted molar refractivity (Wildman–Crippen MR) is 108 cm³/mol. The third-order valence-electron chi connectivity index (χ3n) is 5.30. The lowest BCUT2D eigenvalue weighted by Crippen LogP contribution is -2.51. The maximum absolute atomic E-state index is 12.9. The second kappa shape index (κ2) is 9.09. The van der Waals surface area contributed by atoms with E-state index in [-0.39, 0.29) is 17.9 Å². The third kappa shape index (κ3) is 5.24. The smallest absolute Gasteiger partial charge is 0.245 e. The molecule has 1 aromatic rings. The highest BCUT2D eigenvalue weighted by Crippen LogP contribution is 2.25. The first-order valence-electron chi connectivity index (χ1n) is 9.38. The lowest BCUT2D eigenvalue weighted by molar-refractivity contribution is -0.134. The van der Waals surface area contributed by atoms with E-state index in [2.05, 4.69) is 4.90 Å². The highest BCUT2D eigenvalue weighted by molar-refractivity contribution is 6.42. The van der Waals surface area contributed by atoms with E-state index >= 15 is 0 Å². The number of halogens is 2. The number of likely N-dealkylation sites (tertiary alicyclic amines) is 1. The summed E-state index contributed by atoms with van der Waals surface area (Å²) in [6.07, 6.45) is 6.19. The van der Waals surface area contributed by atoms with E-state index in [4.69, 9.17) is 28.9 Å². The van der Waals surface area contributed by atoms with Gasteiger partial charge in [-0.3, -0.25) is 14.5 Å². The molecule has 0 bridgehead atoms. The van der Waals surface area contributed by atoms with Crippen molar-refractivity contribution in [3.63, 3.8) is 0 Å². The average molecular weight is 410 g/mol. The molecule has 2 amide bonds. The van der Waals surface area contributed by atoms with E-state index in [1.807, 2.05) is 17.0 Å². The van der Waals surface area contributed by atoms with E-state index in [9.17, 15) is 9.59 Å². The molecule has 5 nitrogen and oxygen atoms in total. The van der Waals surface area contributed by atoms with Crippen molar-refractivity contribution < 1.29 is 9.59 Å². The maximum atomic E-state index is 12.9. The molecule has 1 fully saturated rings. The van der Waals surface area contributed by atoms with Gasteiger partial charge in [0.15, 0.2) is 0 Å². The summed E-state index contributed by atoms with van der Waals surface area (Å²) in [5.74, 6) is -0.239. The SMILES string of the molecule is NC(=O)C1=CCCN(CC2CCCCN2C(=O)Cc2ccc(Cl)c(Cl)c2)C1. The fourth-order valence-electron chi connectivity index (χ4n) is 3.88.